The standard InChI is InChI=1S/C21H35N3O4/c1-4-6-7-11-23-20(27)18-15-10-9-14(5-2)16(19(26)22-3)17(15)21(28)24(18)12-8-13-25/h9-10,14-18,25H,4-8,11-13H2,1-3H3,(H,22,26)(H,23,27)/t14-,15+,16-,17-,18+/m1/s1. The summed E-state index contributed by atoms with van der Waals surface area (Å²) in [5, 5.41) is 14.9. The van der Waals surface area contributed by atoms with Gasteiger partial charge in [0.25, 0.3) is 0 Å². The van der Waals surface area contributed by atoms with Crippen molar-refractivity contribution in [3.63, 3.8) is 0 Å². The van der Waals surface area contributed by atoms with Crippen molar-refractivity contribution in [3.8, 4) is 0 Å². The molecule has 28 heavy (non-hydrogen) atoms. The summed E-state index contributed by atoms with van der Waals surface area (Å²) < 4.78 is 0. The maximum atomic E-state index is 13.3. The first-order valence-corrected chi connectivity index (χ1v) is 10.6. The first-order chi connectivity index (χ1) is 13.5. The lowest BCUT2D eigenvalue weighted by molar-refractivity contribution is -0.140. The minimum atomic E-state index is -0.619. The molecule has 5 atom stereocenters. The number of unbranched alkanes of at least 4 members (excludes halogenated alkanes) is 2. The van der Waals surface area contributed by atoms with Gasteiger partial charge in [-0.05, 0) is 25.2 Å². The number of nitrogens with one attached hydrogen (secondary N) is 2. The number of rotatable bonds is 10. The monoisotopic (exact) mass is 393 g/mol. The van der Waals surface area contributed by atoms with E-state index in [1.165, 1.54) is 0 Å². The number of carbonyl (C=O) groups is 3. The van der Waals surface area contributed by atoms with E-state index in [0.29, 0.717) is 19.5 Å². The molecule has 0 unspecified atom stereocenters. The Morgan fingerprint density at radius 2 is 1.89 bits per heavy atom. The van der Waals surface area contributed by atoms with Gasteiger partial charge in [0, 0.05) is 32.7 Å². The molecule has 0 radical (unpaired) electrons. The molecule has 1 aliphatic carbocycles. The third kappa shape index (κ3) is 4.57. The average Bonchev–Trinajstić information content (AvgIpc) is 2.99. The molecule has 7 nitrogen and oxygen atoms in total. The second kappa shape index (κ2) is 10.6. The highest BCUT2D eigenvalue weighted by atomic mass is 16.3. The van der Waals surface area contributed by atoms with Crippen LogP contribution in [0.2, 0.25) is 0 Å². The van der Waals surface area contributed by atoms with E-state index in [0.717, 1.165) is 25.7 Å². The van der Waals surface area contributed by atoms with Crippen molar-refractivity contribution in [2.24, 2.45) is 23.7 Å². The van der Waals surface area contributed by atoms with Gasteiger partial charge in [-0.3, -0.25) is 14.4 Å². The lowest BCUT2D eigenvalue weighted by Crippen LogP contribution is -2.48. The molecule has 1 saturated heterocycles. The van der Waals surface area contributed by atoms with E-state index in [1.807, 2.05) is 19.1 Å². The summed E-state index contributed by atoms with van der Waals surface area (Å²) in [5.74, 6) is -1.79. The van der Waals surface area contributed by atoms with Crippen LogP contribution in [0.5, 0.6) is 0 Å². The molecule has 0 bridgehead atoms. The SMILES string of the molecule is CCCCCNC(=O)[C@@H]1[C@H]2C=C[C@@H](CC)[C@@H](C(=O)NC)[C@@H]2C(=O)N1CCCO. The number of amides is 3. The fourth-order valence-corrected chi connectivity index (χ4v) is 4.58. The van der Waals surface area contributed by atoms with Crippen molar-refractivity contribution in [2.45, 2.75) is 52.0 Å². The Bertz CT molecular complexity index is 592. The van der Waals surface area contributed by atoms with E-state index < -0.39 is 17.9 Å². The Labute approximate surface area is 167 Å². The van der Waals surface area contributed by atoms with Gasteiger partial charge in [-0.15, -0.1) is 0 Å². The Morgan fingerprint density at radius 3 is 2.50 bits per heavy atom. The van der Waals surface area contributed by atoms with Crippen LogP contribution in [0, 0.1) is 23.7 Å². The van der Waals surface area contributed by atoms with E-state index in [-0.39, 0.29) is 36.2 Å². The molecular weight excluding hydrogens is 358 g/mol. The smallest absolute Gasteiger partial charge is 0.243 e. The van der Waals surface area contributed by atoms with Crippen molar-refractivity contribution in [3.05, 3.63) is 12.2 Å². The van der Waals surface area contributed by atoms with Crippen LogP contribution in [0.4, 0.5) is 0 Å². The highest BCUT2D eigenvalue weighted by Crippen LogP contribution is 2.44. The van der Waals surface area contributed by atoms with E-state index in [1.54, 1.807) is 11.9 Å². The number of fused-ring (bicyclic) bond motifs is 1. The molecule has 2 aliphatic rings. The number of allylic oxidation sites excluding steroid dienone is 1. The van der Waals surface area contributed by atoms with Crippen LogP contribution in [0.1, 0.15) is 46.0 Å². The van der Waals surface area contributed by atoms with Crippen molar-refractivity contribution in [1.82, 2.24) is 15.5 Å². The summed E-state index contributed by atoms with van der Waals surface area (Å²) in [6.45, 7) is 4.97. The van der Waals surface area contributed by atoms with Crippen LogP contribution in [0.3, 0.4) is 0 Å². The Balaban J connectivity index is 2.30. The lowest BCUT2D eigenvalue weighted by Gasteiger charge is -2.33. The molecule has 1 heterocycles. The third-order valence-corrected chi connectivity index (χ3v) is 6.04. The van der Waals surface area contributed by atoms with Crippen molar-refractivity contribution < 1.29 is 19.5 Å². The molecule has 0 aromatic heterocycles. The van der Waals surface area contributed by atoms with Crippen molar-refractivity contribution in [1.29, 1.82) is 0 Å². The van der Waals surface area contributed by atoms with E-state index >= 15 is 0 Å². The van der Waals surface area contributed by atoms with E-state index in [2.05, 4.69) is 17.6 Å². The zero-order valence-corrected chi connectivity index (χ0v) is 17.3. The van der Waals surface area contributed by atoms with Crippen LogP contribution < -0.4 is 10.6 Å². The van der Waals surface area contributed by atoms with Gasteiger partial charge < -0.3 is 20.6 Å². The van der Waals surface area contributed by atoms with Gasteiger partial charge in [0.15, 0.2) is 0 Å². The molecule has 7 heteroatoms. The molecule has 0 spiro atoms. The lowest BCUT2D eigenvalue weighted by atomic mass is 9.69. The summed E-state index contributed by atoms with van der Waals surface area (Å²) in [6, 6.07) is -0.619. The topological polar surface area (TPSA) is 98.7 Å². The highest BCUT2D eigenvalue weighted by molar-refractivity contribution is 5.96. The molecule has 2 rings (SSSR count). The number of aliphatic hydroxyl groups is 1. The van der Waals surface area contributed by atoms with Gasteiger partial charge >= 0.3 is 0 Å². The zero-order valence-electron chi connectivity index (χ0n) is 17.3. The fraction of sp³-hybridized carbons (Fsp3) is 0.762. The number of nitrogens with zero attached hydrogens (tertiary/aromatic N) is 1. The van der Waals surface area contributed by atoms with Crippen molar-refractivity contribution >= 4 is 17.7 Å². The third-order valence-electron chi connectivity index (χ3n) is 6.04. The van der Waals surface area contributed by atoms with Crippen molar-refractivity contribution in [2.75, 3.05) is 26.7 Å². The summed E-state index contributed by atoms with van der Waals surface area (Å²) in [4.78, 5) is 40.4. The molecule has 0 saturated carbocycles. The van der Waals surface area contributed by atoms with Gasteiger partial charge in [0.1, 0.15) is 6.04 Å². The molecule has 0 aromatic rings. The van der Waals surface area contributed by atoms with Gasteiger partial charge in [-0.2, -0.15) is 0 Å². The largest absolute Gasteiger partial charge is 0.396 e. The fourth-order valence-electron chi connectivity index (χ4n) is 4.58. The zero-order chi connectivity index (χ0) is 20.7. The quantitative estimate of drug-likeness (QED) is 0.382. The predicted molar refractivity (Wildman–Crippen MR) is 107 cm³/mol. The van der Waals surface area contributed by atoms with Gasteiger partial charge in [-0.25, -0.2) is 0 Å². The first-order valence-electron chi connectivity index (χ1n) is 10.6. The number of carbonyl (C=O) groups excluding carboxylic acids is 3. The number of likely N-dealkylation sites (tertiary alicyclic amines) is 1. The molecule has 0 aromatic carbocycles. The maximum Gasteiger partial charge on any atom is 0.243 e. The summed E-state index contributed by atoms with van der Waals surface area (Å²) in [7, 11) is 1.59. The normalized spacial score (nSPS) is 28.9. The Hall–Kier alpha value is -1.89. The molecular formula is C21H35N3O4. The molecule has 1 aliphatic heterocycles. The van der Waals surface area contributed by atoms with Crippen LogP contribution >= 0.6 is 0 Å². The van der Waals surface area contributed by atoms with Crippen LogP contribution in [-0.4, -0.2) is 60.5 Å². The second-order valence-corrected chi connectivity index (χ2v) is 7.75. The molecule has 3 N–H and O–H groups in total. The number of hydrogen-bond acceptors (Lipinski definition) is 4. The Morgan fingerprint density at radius 1 is 1.14 bits per heavy atom. The van der Waals surface area contributed by atoms with Crippen LogP contribution in [0.15, 0.2) is 12.2 Å². The minimum Gasteiger partial charge on any atom is -0.396 e. The molecule has 158 valence electrons. The van der Waals surface area contributed by atoms with Crippen LogP contribution in [0.25, 0.3) is 0 Å². The predicted octanol–water partition coefficient (Wildman–Crippen LogP) is 1.08. The van der Waals surface area contributed by atoms with E-state index in [9.17, 15) is 19.5 Å². The summed E-state index contributed by atoms with van der Waals surface area (Å²) in [5.41, 5.74) is 0. The molecule has 1 fully saturated rings. The van der Waals surface area contributed by atoms with Crippen LogP contribution in [-0.2, 0) is 14.4 Å². The first kappa shape index (κ1) is 22.4. The van der Waals surface area contributed by atoms with Gasteiger partial charge in [0.2, 0.25) is 17.7 Å². The second-order valence-electron chi connectivity index (χ2n) is 7.75. The number of aliphatic hydroxyl groups excluding tert-OH is 1. The minimum absolute atomic E-state index is 0.0174. The number of hydrogen-bond donors (Lipinski definition) is 3. The van der Waals surface area contributed by atoms with Gasteiger partial charge in [0.05, 0.1) is 11.8 Å². The van der Waals surface area contributed by atoms with E-state index in [4.69, 9.17) is 0 Å². The Kier molecular flexibility index (Phi) is 8.48. The average molecular weight is 394 g/mol. The van der Waals surface area contributed by atoms with Gasteiger partial charge in [-0.1, -0.05) is 38.8 Å². The molecule has 3 amide bonds. The summed E-state index contributed by atoms with van der Waals surface area (Å²) >= 11 is 0. The summed E-state index contributed by atoms with van der Waals surface area (Å²) in [6.07, 6.45) is 8.15. The maximum absolute atomic E-state index is 13.3. The highest BCUT2D eigenvalue weighted by Gasteiger charge is 2.56.